The minimum atomic E-state index is -0.329. The van der Waals surface area contributed by atoms with Crippen LogP contribution in [-0.2, 0) is 4.79 Å². The van der Waals surface area contributed by atoms with Crippen LogP contribution in [0.5, 0.6) is 0 Å². The van der Waals surface area contributed by atoms with Gasteiger partial charge in [0.2, 0.25) is 0 Å². The number of carbonyl (C=O) groups is 1. The van der Waals surface area contributed by atoms with E-state index in [1.807, 2.05) is 24.3 Å². The third kappa shape index (κ3) is 0.919. The monoisotopic (exact) mass is 188 g/mol. The predicted molar refractivity (Wildman–Crippen MR) is 52.2 cm³/mol. The van der Waals surface area contributed by atoms with Crippen molar-refractivity contribution in [2.24, 2.45) is 0 Å². The summed E-state index contributed by atoms with van der Waals surface area (Å²) in [6.07, 6.45) is 0.716. The number of benzene rings is 1. The zero-order chi connectivity index (χ0) is 9.71. The van der Waals surface area contributed by atoms with Crippen LogP contribution in [0.2, 0.25) is 0 Å². The molecule has 2 bridgehead atoms. The van der Waals surface area contributed by atoms with Crippen LogP contribution in [0.3, 0.4) is 0 Å². The number of rotatable bonds is 0. The number of aliphatic hydroxyl groups excluding tert-OH is 1. The number of aliphatic hydroxyl groups is 1. The molecule has 0 saturated heterocycles. The van der Waals surface area contributed by atoms with E-state index >= 15 is 0 Å². The van der Waals surface area contributed by atoms with Crippen LogP contribution in [-0.4, -0.2) is 17.0 Å². The maximum Gasteiger partial charge on any atom is 0.134 e. The molecule has 0 spiro atoms. The van der Waals surface area contributed by atoms with E-state index in [0.29, 0.717) is 18.6 Å². The van der Waals surface area contributed by atoms with Crippen LogP contribution >= 0.6 is 0 Å². The number of hydrogen-bond acceptors (Lipinski definition) is 2. The van der Waals surface area contributed by atoms with Crippen molar-refractivity contribution >= 4 is 5.78 Å². The molecular formula is C12H12O2. The van der Waals surface area contributed by atoms with Gasteiger partial charge in [0.15, 0.2) is 0 Å². The Hall–Kier alpha value is -1.15. The first-order valence-electron chi connectivity index (χ1n) is 5.06. The van der Waals surface area contributed by atoms with Gasteiger partial charge in [-0.2, -0.15) is 0 Å². The summed E-state index contributed by atoms with van der Waals surface area (Å²) in [5.74, 6) is 0.427. The molecule has 2 atom stereocenters. The van der Waals surface area contributed by atoms with Gasteiger partial charge in [-0.15, -0.1) is 0 Å². The van der Waals surface area contributed by atoms with Crippen LogP contribution in [0.25, 0.3) is 0 Å². The van der Waals surface area contributed by atoms with Crippen LogP contribution in [0, 0.1) is 0 Å². The lowest BCUT2D eigenvalue weighted by atomic mass is 9.83. The second-order valence-corrected chi connectivity index (χ2v) is 4.28. The molecule has 2 aliphatic rings. The molecule has 1 fully saturated rings. The molecule has 2 nitrogen and oxygen atoms in total. The lowest BCUT2D eigenvalue weighted by Gasteiger charge is -2.24. The van der Waals surface area contributed by atoms with Crippen LogP contribution in [0.1, 0.15) is 35.8 Å². The molecular weight excluding hydrogens is 176 g/mol. The van der Waals surface area contributed by atoms with Gasteiger partial charge in [0.25, 0.3) is 0 Å². The first-order chi connectivity index (χ1) is 6.77. The SMILES string of the molecule is O=C1CC2c3ccccc3C(C1)C2O. The summed E-state index contributed by atoms with van der Waals surface area (Å²) in [4.78, 5) is 11.4. The van der Waals surface area contributed by atoms with Crippen molar-refractivity contribution in [1.82, 2.24) is 0 Å². The molecule has 0 aromatic heterocycles. The first kappa shape index (κ1) is 8.18. The Morgan fingerprint density at radius 2 is 1.57 bits per heavy atom. The van der Waals surface area contributed by atoms with Crippen molar-refractivity contribution in [2.45, 2.75) is 30.8 Å². The lowest BCUT2D eigenvalue weighted by molar-refractivity contribution is -0.123. The summed E-state index contributed by atoms with van der Waals surface area (Å²) < 4.78 is 0. The predicted octanol–water partition coefficient (Wildman–Crippen LogP) is 1.59. The lowest BCUT2D eigenvalue weighted by Crippen LogP contribution is -2.27. The van der Waals surface area contributed by atoms with Gasteiger partial charge in [0.05, 0.1) is 6.10 Å². The van der Waals surface area contributed by atoms with E-state index in [0.717, 1.165) is 0 Å². The number of carbonyl (C=O) groups excluding carboxylic acids is 1. The van der Waals surface area contributed by atoms with Crippen molar-refractivity contribution in [2.75, 3.05) is 0 Å². The molecule has 1 aromatic rings. The molecule has 14 heavy (non-hydrogen) atoms. The Morgan fingerprint density at radius 3 is 2.07 bits per heavy atom. The molecule has 1 N–H and O–H groups in total. The van der Waals surface area contributed by atoms with E-state index in [2.05, 4.69) is 0 Å². The number of fused-ring (bicyclic) bond motifs is 5. The van der Waals surface area contributed by atoms with Gasteiger partial charge in [-0.05, 0) is 11.1 Å². The molecule has 2 aliphatic carbocycles. The molecule has 3 rings (SSSR count). The average molecular weight is 188 g/mol. The Morgan fingerprint density at radius 1 is 1.07 bits per heavy atom. The van der Waals surface area contributed by atoms with Gasteiger partial charge in [0, 0.05) is 24.7 Å². The van der Waals surface area contributed by atoms with Gasteiger partial charge < -0.3 is 5.11 Å². The molecule has 2 heteroatoms. The second kappa shape index (κ2) is 2.67. The third-order valence-corrected chi connectivity index (χ3v) is 3.51. The summed E-state index contributed by atoms with van der Waals surface area (Å²) in [7, 11) is 0. The van der Waals surface area contributed by atoms with E-state index in [-0.39, 0.29) is 17.9 Å². The summed E-state index contributed by atoms with van der Waals surface area (Å²) in [5, 5.41) is 10.00. The van der Waals surface area contributed by atoms with Crippen molar-refractivity contribution in [3.63, 3.8) is 0 Å². The molecule has 72 valence electrons. The fraction of sp³-hybridized carbons (Fsp3) is 0.417. The summed E-state index contributed by atoms with van der Waals surface area (Å²) in [6.45, 7) is 0. The Bertz CT molecular complexity index is 362. The van der Waals surface area contributed by atoms with E-state index < -0.39 is 0 Å². The van der Waals surface area contributed by atoms with E-state index in [4.69, 9.17) is 0 Å². The van der Waals surface area contributed by atoms with Gasteiger partial charge in [-0.25, -0.2) is 0 Å². The molecule has 0 aliphatic heterocycles. The molecule has 2 unspecified atom stereocenters. The topological polar surface area (TPSA) is 37.3 Å². The molecule has 0 amide bonds. The number of ketones is 1. The van der Waals surface area contributed by atoms with Crippen molar-refractivity contribution < 1.29 is 9.90 Å². The average Bonchev–Trinajstić information content (AvgIpc) is 2.37. The van der Waals surface area contributed by atoms with Crippen molar-refractivity contribution in [3.8, 4) is 0 Å². The highest BCUT2D eigenvalue weighted by Gasteiger charge is 2.44. The Kier molecular flexibility index (Phi) is 1.56. The third-order valence-electron chi connectivity index (χ3n) is 3.51. The molecule has 0 heterocycles. The molecule has 1 saturated carbocycles. The molecule has 1 aromatic carbocycles. The van der Waals surface area contributed by atoms with Crippen LogP contribution < -0.4 is 0 Å². The fourth-order valence-corrected chi connectivity index (χ4v) is 2.87. The quantitative estimate of drug-likeness (QED) is 0.671. The van der Waals surface area contributed by atoms with E-state index in [1.54, 1.807) is 0 Å². The first-order valence-corrected chi connectivity index (χ1v) is 5.06. The minimum absolute atomic E-state index is 0.0671. The van der Waals surface area contributed by atoms with Crippen LogP contribution in [0.4, 0.5) is 0 Å². The van der Waals surface area contributed by atoms with Crippen LogP contribution in [0.15, 0.2) is 24.3 Å². The van der Waals surface area contributed by atoms with Gasteiger partial charge >= 0.3 is 0 Å². The van der Waals surface area contributed by atoms with Gasteiger partial charge in [0.1, 0.15) is 5.78 Å². The van der Waals surface area contributed by atoms with Gasteiger partial charge in [-0.3, -0.25) is 4.79 Å². The highest BCUT2D eigenvalue weighted by Crippen LogP contribution is 2.49. The minimum Gasteiger partial charge on any atom is -0.392 e. The normalized spacial score (nSPS) is 34.4. The largest absolute Gasteiger partial charge is 0.392 e. The van der Waals surface area contributed by atoms with E-state index in [1.165, 1.54) is 11.1 Å². The Labute approximate surface area is 82.6 Å². The number of hydrogen-bond donors (Lipinski definition) is 1. The summed E-state index contributed by atoms with van der Waals surface area (Å²) in [6, 6.07) is 8.05. The maximum atomic E-state index is 11.4. The van der Waals surface area contributed by atoms with E-state index in [9.17, 15) is 9.90 Å². The summed E-state index contributed by atoms with van der Waals surface area (Å²) >= 11 is 0. The maximum absolute atomic E-state index is 11.4. The highest BCUT2D eigenvalue weighted by molar-refractivity contribution is 5.83. The van der Waals surface area contributed by atoms with Crippen molar-refractivity contribution in [1.29, 1.82) is 0 Å². The Balaban J connectivity index is 2.16. The molecule has 0 radical (unpaired) electrons. The standard InChI is InChI=1S/C12H12O2/c13-7-5-10-8-3-1-2-4-9(8)11(6-7)12(10)14/h1-4,10-12,14H,5-6H2. The number of Topliss-reactive ketones (excluding diaryl/α,β-unsaturated/α-hetero) is 1. The smallest absolute Gasteiger partial charge is 0.134 e. The fourth-order valence-electron chi connectivity index (χ4n) is 2.87. The zero-order valence-electron chi connectivity index (χ0n) is 7.81. The van der Waals surface area contributed by atoms with Crippen molar-refractivity contribution in [3.05, 3.63) is 35.4 Å². The summed E-state index contributed by atoms with van der Waals surface area (Å²) in [5.41, 5.74) is 2.38. The second-order valence-electron chi connectivity index (χ2n) is 4.28. The highest BCUT2D eigenvalue weighted by atomic mass is 16.3. The zero-order valence-corrected chi connectivity index (χ0v) is 7.81. The van der Waals surface area contributed by atoms with Gasteiger partial charge in [-0.1, -0.05) is 24.3 Å².